The largest absolute Gasteiger partial charge is 0.489 e. The van der Waals surface area contributed by atoms with Gasteiger partial charge >= 0.3 is 0 Å². The summed E-state index contributed by atoms with van der Waals surface area (Å²) < 4.78 is 6.24. The number of benzene rings is 2. The van der Waals surface area contributed by atoms with Crippen LogP contribution in [0.3, 0.4) is 0 Å². The maximum atomic E-state index is 6.43. The second-order valence-corrected chi connectivity index (χ2v) is 10.9. The van der Waals surface area contributed by atoms with Gasteiger partial charge in [-0.15, -0.1) is 0 Å². The Morgan fingerprint density at radius 2 is 1.65 bits per heavy atom. The summed E-state index contributed by atoms with van der Waals surface area (Å²) in [4.78, 5) is 18.6. The summed E-state index contributed by atoms with van der Waals surface area (Å²) >= 11 is 6.43. The molecule has 9 heteroatoms. The van der Waals surface area contributed by atoms with Crippen molar-refractivity contribution in [3.05, 3.63) is 77.1 Å². The number of aromatic nitrogens is 3. The van der Waals surface area contributed by atoms with Crippen LogP contribution in [0.2, 0.25) is 5.02 Å². The molecule has 1 saturated heterocycles. The van der Waals surface area contributed by atoms with Crippen molar-refractivity contribution >= 4 is 40.6 Å². The third-order valence-corrected chi connectivity index (χ3v) is 7.24. The Hall–Kier alpha value is -3.88. The number of piperazine rings is 1. The maximum absolute atomic E-state index is 6.43. The summed E-state index contributed by atoms with van der Waals surface area (Å²) in [5.74, 6) is 2.67. The SMILES string of the molecule is Cc1ccccc1Nc1nc(Nc2cc(C)c(-c3ccc(N4CCN(C)CC4)nc3)cc2OC(C)C)ncc1Cl. The summed E-state index contributed by atoms with van der Waals surface area (Å²) in [5.41, 5.74) is 6.00. The van der Waals surface area contributed by atoms with Gasteiger partial charge in [0.05, 0.1) is 18.0 Å². The molecule has 4 aromatic rings. The van der Waals surface area contributed by atoms with Crippen molar-refractivity contribution in [2.24, 2.45) is 0 Å². The fourth-order valence-corrected chi connectivity index (χ4v) is 4.83. The molecule has 3 heterocycles. The highest BCUT2D eigenvalue weighted by Gasteiger charge is 2.17. The van der Waals surface area contributed by atoms with Gasteiger partial charge < -0.3 is 25.2 Å². The van der Waals surface area contributed by atoms with E-state index in [0.717, 1.165) is 65.6 Å². The molecular weight excluding hydrogens is 522 g/mol. The highest BCUT2D eigenvalue weighted by molar-refractivity contribution is 6.32. The molecule has 0 saturated carbocycles. The number of nitrogens with one attached hydrogen (secondary N) is 2. The molecule has 2 aromatic carbocycles. The van der Waals surface area contributed by atoms with E-state index in [0.29, 0.717) is 22.5 Å². The summed E-state index contributed by atoms with van der Waals surface area (Å²) in [7, 11) is 2.16. The van der Waals surface area contributed by atoms with Crippen LogP contribution in [-0.2, 0) is 0 Å². The van der Waals surface area contributed by atoms with E-state index in [2.05, 4.69) is 68.6 Å². The molecule has 2 aromatic heterocycles. The number of halogens is 1. The number of para-hydroxylation sites is 1. The van der Waals surface area contributed by atoms with Gasteiger partial charge in [-0.3, -0.25) is 0 Å². The lowest BCUT2D eigenvalue weighted by Crippen LogP contribution is -2.44. The summed E-state index contributed by atoms with van der Waals surface area (Å²) in [6.07, 6.45) is 3.53. The van der Waals surface area contributed by atoms with Crippen molar-refractivity contribution < 1.29 is 4.74 Å². The number of ether oxygens (including phenoxy) is 1. The zero-order chi connectivity index (χ0) is 28.2. The van der Waals surface area contributed by atoms with Crippen molar-refractivity contribution in [3.63, 3.8) is 0 Å². The monoisotopic (exact) mass is 557 g/mol. The van der Waals surface area contributed by atoms with Gasteiger partial charge in [0.25, 0.3) is 0 Å². The van der Waals surface area contributed by atoms with Gasteiger partial charge in [0.1, 0.15) is 16.6 Å². The Balaban J connectivity index is 1.41. The van der Waals surface area contributed by atoms with E-state index >= 15 is 0 Å². The quantitative estimate of drug-likeness (QED) is 0.244. The van der Waals surface area contributed by atoms with Crippen LogP contribution in [0.25, 0.3) is 11.1 Å². The minimum atomic E-state index is -0.0155. The molecule has 40 heavy (non-hydrogen) atoms. The first-order chi connectivity index (χ1) is 19.3. The first kappa shape index (κ1) is 27.7. The van der Waals surface area contributed by atoms with E-state index in [9.17, 15) is 0 Å². The van der Waals surface area contributed by atoms with Crippen molar-refractivity contribution in [1.29, 1.82) is 0 Å². The maximum Gasteiger partial charge on any atom is 0.229 e. The van der Waals surface area contributed by atoms with Crippen LogP contribution in [0.1, 0.15) is 25.0 Å². The zero-order valence-electron chi connectivity index (χ0n) is 23.7. The molecule has 5 rings (SSSR count). The molecule has 0 amide bonds. The standard InChI is InChI=1S/C31H36ClN7O/c1-20(2)40-28-17-24(23-10-11-29(33-18-23)39-14-12-38(5)13-15-39)22(4)16-27(28)36-31-34-19-25(32)30(37-31)35-26-9-7-6-8-21(26)3/h6-11,16-20H,12-15H2,1-5H3,(H2,34,35,36,37). The number of nitrogens with zero attached hydrogens (tertiary/aromatic N) is 5. The molecule has 8 nitrogen and oxygen atoms in total. The summed E-state index contributed by atoms with van der Waals surface area (Å²) in [6.45, 7) is 12.2. The second kappa shape index (κ2) is 12.1. The number of hydrogen-bond acceptors (Lipinski definition) is 8. The molecule has 0 radical (unpaired) electrons. The first-order valence-corrected chi connectivity index (χ1v) is 14.0. The van der Waals surface area contributed by atoms with Crippen molar-refractivity contribution in [1.82, 2.24) is 19.9 Å². The third-order valence-electron chi connectivity index (χ3n) is 6.96. The molecule has 208 valence electrons. The van der Waals surface area contributed by atoms with Gasteiger partial charge in [-0.1, -0.05) is 29.8 Å². The summed E-state index contributed by atoms with van der Waals surface area (Å²) in [6, 6.07) is 16.4. The Morgan fingerprint density at radius 1 is 0.875 bits per heavy atom. The lowest BCUT2D eigenvalue weighted by molar-refractivity contribution is 0.244. The number of rotatable bonds is 8. The molecule has 0 aliphatic carbocycles. The van der Waals surface area contributed by atoms with Crippen LogP contribution >= 0.6 is 11.6 Å². The fraction of sp³-hybridized carbons (Fsp3) is 0.323. The number of aryl methyl sites for hydroxylation is 2. The molecule has 1 fully saturated rings. The number of likely N-dealkylation sites (N-methyl/N-ethyl adjacent to an activating group) is 1. The smallest absolute Gasteiger partial charge is 0.229 e. The van der Waals surface area contributed by atoms with E-state index in [1.165, 1.54) is 0 Å². The van der Waals surface area contributed by atoms with Gasteiger partial charge in [0, 0.05) is 43.6 Å². The average Bonchev–Trinajstić information content (AvgIpc) is 2.93. The fourth-order valence-electron chi connectivity index (χ4n) is 4.69. The molecular formula is C31H36ClN7O. The van der Waals surface area contributed by atoms with Crippen LogP contribution in [0.5, 0.6) is 5.75 Å². The normalized spacial score (nSPS) is 13.9. The van der Waals surface area contributed by atoms with Gasteiger partial charge in [-0.05, 0) is 81.8 Å². The topological polar surface area (TPSA) is 78.4 Å². The van der Waals surface area contributed by atoms with Crippen LogP contribution in [-0.4, -0.2) is 59.2 Å². The minimum Gasteiger partial charge on any atom is -0.489 e. The molecule has 0 spiro atoms. The number of anilines is 5. The first-order valence-electron chi connectivity index (χ1n) is 13.6. The van der Waals surface area contributed by atoms with E-state index in [1.807, 2.05) is 51.2 Å². The van der Waals surface area contributed by atoms with Crippen molar-refractivity contribution in [3.8, 4) is 16.9 Å². The Morgan fingerprint density at radius 3 is 2.35 bits per heavy atom. The zero-order valence-corrected chi connectivity index (χ0v) is 24.5. The highest BCUT2D eigenvalue weighted by atomic mass is 35.5. The van der Waals surface area contributed by atoms with Crippen LogP contribution < -0.4 is 20.3 Å². The molecule has 0 bridgehead atoms. The lowest BCUT2D eigenvalue weighted by Gasteiger charge is -2.33. The Labute approximate surface area is 241 Å². The van der Waals surface area contributed by atoms with Crippen LogP contribution in [0, 0.1) is 13.8 Å². The Kier molecular flexibility index (Phi) is 8.38. The molecule has 1 aliphatic heterocycles. The second-order valence-electron chi connectivity index (χ2n) is 10.5. The predicted octanol–water partition coefficient (Wildman–Crippen LogP) is 6.84. The Bertz CT molecular complexity index is 1470. The van der Waals surface area contributed by atoms with E-state index < -0.39 is 0 Å². The van der Waals surface area contributed by atoms with E-state index in [-0.39, 0.29) is 6.10 Å². The minimum absolute atomic E-state index is 0.0155. The highest BCUT2D eigenvalue weighted by Crippen LogP contribution is 2.37. The molecule has 0 unspecified atom stereocenters. The number of pyridine rings is 1. The predicted molar refractivity (Wildman–Crippen MR) is 165 cm³/mol. The van der Waals surface area contributed by atoms with E-state index in [4.69, 9.17) is 21.3 Å². The van der Waals surface area contributed by atoms with Crippen LogP contribution in [0.4, 0.5) is 29.0 Å². The molecule has 2 N–H and O–H groups in total. The van der Waals surface area contributed by atoms with Crippen LogP contribution in [0.15, 0.2) is 60.9 Å². The molecule has 1 aliphatic rings. The third kappa shape index (κ3) is 6.46. The van der Waals surface area contributed by atoms with Gasteiger partial charge in [-0.25, -0.2) is 9.97 Å². The van der Waals surface area contributed by atoms with Gasteiger partial charge in [0.15, 0.2) is 5.82 Å². The summed E-state index contributed by atoms with van der Waals surface area (Å²) in [5, 5.41) is 7.10. The number of hydrogen-bond donors (Lipinski definition) is 2. The van der Waals surface area contributed by atoms with E-state index in [1.54, 1.807) is 6.20 Å². The lowest BCUT2D eigenvalue weighted by atomic mass is 10.0. The average molecular weight is 558 g/mol. The van der Waals surface area contributed by atoms with Crippen molar-refractivity contribution in [2.75, 3.05) is 48.8 Å². The van der Waals surface area contributed by atoms with Crippen molar-refractivity contribution in [2.45, 2.75) is 33.8 Å². The van der Waals surface area contributed by atoms with Gasteiger partial charge in [-0.2, -0.15) is 4.98 Å². The van der Waals surface area contributed by atoms with Gasteiger partial charge in [0.2, 0.25) is 5.95 Å². The molecule has 0 atom stereocenters.